The van der Waals surface area contributed by atoms with E-state index < -0.39 is 28.7 Å². The number of thiocarbonyl (C=S) groups is 1. The number of hydrogen-bond acceptors (Lipinski definition) is 3. The molecule has 0 saturated carbocycles. The topological polar surface area (TPSA) is 47.3 Å². The van der Waals surface area contributed by atoms with E-state index in [9.17, 15) is 18.0 Å². The molecule has 0 radical (unpaired) electrons. The number of nitriles is 1. The van der Waals surface area contributed by atoms with Crippen molar-refractivity contribution in [2.24, 2.45) is 0 Å². The number of alkyl halides is 3. The molecule has 0 aromatic heterocycles. The first kappa shape index (κ1) is 24.4. The Balaban J connectivity index is 2.41. The van der Waals surface area contributed by atoms with Crippen LogP contribution in [0.3, 0.4) is 0 Å². The third kappa shape index (κ3) is 5.05. The van der Waals surface area contributed by atoms with Crippen molar-refractivity contribution in [3.8, 4) is 6.07 Å². The third-order valence-electron chi connectivity index (χ3n) is 5.19. The molecule has 8 heteroatoms. The lowest BCUT2D eigenvalue weighted by Crippen LogP contribution is -2.55. The van der Waals surface area contributed by atoms with Crippen molar-refractivity contribution in [3.05, 3.63) is 59.2 Å². The Morgan fingerprint density at radius 1 is 1.10 bits per heavy atom. The Kier molecular flexibility index (Phi) is 7.12. The summed E-state index contributed by atoms with van der Waals surface area (Å²) >= 11 is 5.16. The summed E-state index contributed by atoms with van der Waals surface area (Å²) in [5, 5.41) is 8.98. The van der Waals surface area contributed by atoms with Crippen LogP contribution in [0.15, 0.2) is 42.5 Å². The average molecular weight is 448 g/mol. The highest BCUT2D eigenvalue weighted by Crippen LogP contribution is 2.35. The maximum atomic E-state index is 13.3. The molecular formula is C23H24F3N3OS. The SMILES string of the molecule is CC(C)c1ccc(N(C=S)C(C)(C)C(=O)N(C)c2ccc(C#N)c(C(F)(F)F)c2)cc1. The second-order valence-electron chi connectivity index (χ2n) is 7.98. The Hall–Kier alpha value is -2.92. The Morgan fingerprint density at radius 2 is 1.65 bits per heavy atom. The first-order valence-electron chi connectivity index (χ1n) is 9.58. The highest BCUT2D eigenvalue weighted by molar-refractivity contribution is 7.79. The van der Waals surface area contributed by atoms with E-state index in [0.717, 1.165) is 22.6 Å². The number of carbonyl (C=O) groups excluding carboxylic acids is 1. The van der Waals surface area contributed by atoms with E-state index in [2.05, 4.69) is 13.8 Å². The molecule has 0 fully saturated rings. The number of likely N-dealkylation sites (N-methyl/N-ethyl adjacent to an activating group) is 1. The molecule has 2 aromatic rings. The molecule has 0 bridgehead atoms. The summed E-state index contributed by atoms with van der Waals surface area (Å²) < 4.78 is 40.0. The van der Waals surface area contributed by atoms with Crippen LogP contribution in [0.2, 0.25) is 0 Å². The van der Waals surface area contributed by atoms with E-state index in [4.69, 9.17) is 17.5 Å². The van der Waals surface area contributed by atoms with Gasteiger partial charge in [-0.3, -0.25) is 4.79 Å². The van der Waals surface area contributed by atoms with Crippen molar-refractivity contribution in [3.63, 3.8) is 0 Å². The molecule has 1 amide bonds. The number of halogens is 3. The van der Waals surface area contributed by atoms with Gasteiger partial charge in [0.25, 0.3) is 5.91 Å². The molecule has 0 N–H and O–H groups in total. The highest BCUT2D eigenvalue weighted by atomic mass is 32.1. The number of hydrogen-bond donors (Lipinski definition) is 0. The van der Waals surface area contributed by atoms with E-state index in [1.165, 1.54) is 24.7 Å². The zero-order valence-electron chi connectivity index (χ0n) is 18.0. The minimum absolute atomic E-state index is 0.0314. The molecule has 0 atom stereocenters. The predicted molar refractivity (Wildman–Crippen MR) is 120 cm³/mol. The van der Waals surface area contributed by atoms with Crippen LogP contribution in [0.4, 0.5) is 24.5 Å². The number of rotatable bonds is 6. The van der Waals surface area contributed by atoms with Crippen molar-refractivity contribution in [1.82, 2.24) is 0 Å². The zero-order chi connectivity index (χ0) is 23.6. The Labute approximate surface area is 185 Å². The van der Waals surface area contributed by atoms with Crippen LogP contribution in [-0.2, 0) is 11.0 Å². The van der Waals surface area contributed by atoms with Gasteiger partial charge in [0.05, 0.1) is 22.7 Å². The minimum atomic E-state index is -4.71. The van der Waals surface area contributed by atoms with Gasteiger partial charge in [-0.25, -0.2) is 0 Å². The molecule has 0 unspecified atom stereocenters. The molecule has 0 spiro atoms. The fourth-order valence-corrected chi connectivity index (χ4v) is 3.62. The highest BCUT2D eigenvalue weighted by Gasteiger charge is 2.38. The molecule has 0 heterocycles. The second-order valence-corrected chi connectivity index (χ2v) is 8.20. The third-order valence-corrected chi connectivity index (χ3v) is 5.40. The van der Waals surface area contributed by atoms with Gasteiger partial charge >= 0.3 is 6.18 Å². The largest absolute Gasteiger partial charge is 0.417 e. The van der Waals surface area contributed by atoms with Crippen LogP contribution in [0, 0.1) is 11.3 Å². The number of amides is 1. The van der Waals surface area contributed by atoms with Crippen LogP contribution in [-0.4, -0.2) is 24.0 Å². The van der Waals surface area contributed by atoms with Gasteiger partial charge < -0.3 is 9.80 Å². The van der Waals surface area contributed by atoms with Crippen molar-refractivity contribution >= 4 is 35.0 Å². The van der Waals surface area contributed by atoms with Crippen LogP contribution >= 0.6 is 12.2 Å². The lowest BCUT2D eigenvalue weighted by Gasteiger charge is -2.38. The molecule has 0 aliphatic carbocycles. The summed E-state index contributed by atoms with van der Waals surface area (Å²) in [6.45, 7) is 7.45. The number of carbonyl (C=O) groups is 1. The van der Waals surface area contributed by atoms with Gasteiger partial charge in [0.15, 0.2) is 0 Å². The van der Waals surface area contributed by atoms with Crippen LogP contribution < -0.4 is 9.80 Å². The van der Waals surface area contributed by atoms with Crippen molar-refractivity contribution in [2.75, 3.05) is 16.8 Å². The molecule has 164 valence electrons. The molecule has 31 heavy (non-hydrogen) atoms. The molecule has 2 rings (SSSR count). The average Bonchev–Trinajstić information content (AvgIpc) is 2.72. The summed E-state index contributed by atoms with van der Waals surface area (Å²) in [6, 6.07) is 12.4. The van der Waals surface area contributed by atoms with Gasteiger partial charge in [0.2, 0.25) is 0 Å². The lowest BCUT2D eigenvalue weighted by atomic mass is 9.98. The molecule has 2 aromatic carbocycles. The van der Waals surface area contributed by atoms with Crippen molar-refractivity contribution in [1.29, 1.82) is 5.26 Å². The van der Waals surface area contributed by atoms with E-state index in [1.54, 1.807) is 18.7 Å². The van der Waals surface area contributed by atoms with Crippen molar-refractivity contribution < 1.29 is 18.0 Å². The first-order valence-corrected chi connectivity index (χ1v) is 10.1. The summed E-state index contributed by atoms with van der Waals surface area (Å²) in [5.74, 6) is -0.116. The molecule has 0 aliphatic rings. The normalized spacial score (nSPS) is 11.7. The monoisotopic (exact) mass is 447 g/mol. The fourth-order valence-electron chi connectivity index (χ4n) is 3.24. The van der Waals surface area contributed by atoms with Gasteiger partial charge in [-0.2, -0.15) is 18.4 Å². The number of nitrogens with zero attached hydrogens (tertiary/aromatic N) is 3. The minimum Gasteiger partial charge on any atom is -0.324 e. The number of benzene rings is 2. The van der Waals surface area contributed by atoms with Gasteiger partial charge in [-0.15, -0.1) is 0 Å². The quantitative estimate of drug-likeness (QED) is 0.517. The van der Waals surface area contributed by atoms with Crippen molar-refractivity contribution in [2.45, 2.75) is 45.3 Å². The lowest BCUT2D eigenvalue weighted by molar-refractivity contribution is -0.137. The summed E-state index contributed by atoms with van der Waals surface area (Å²) in [6.07, 6.45) is -4.71. The Bertz CT molecular complexity index is 1010. The summed E-state index contributed by atoms with van der Waals surface area (Å²) in [4.78, 5) is 16.1. The van der Waals surface area contributed by atoms with E-state index >= 15 is 0 Å². The van der Waals surface area contributed by atoms with E-state index in [0.29, 0.717) is 11.6 Å². The summed E-state index contributed by atoms with van der Waals surface area (Å²) in [5.41, 5.74) is 0.457. The maximum absolute atomic E-state index is 13.3. The van der Waals surface area contributed by atoms with Crippen LogP contribution in [0.5, 0.6) is 0 Å². The summed E-state index contributed by atoms with van der Waals surface area (Å²) in [7, 11) is 1.40. The molecule has 0 saturated heterocycles. The molecule has 4 nitrogen and oxygen atoms in total. The standard InChI is InChI=1S/C23H24F3N3OS/c1-15(2)16-6-9-18(10-7-16)29(14-31)22(3,4)21(30)28(5)19-11-8-17(13-27)20(12-19)23(24,25)26/h6-12,14-15H,1-5H3. The van der Waals surface area contributed by atoms with Gasteiger partial charge in [0, 0.05) is 18.4 Å². The van der Waals surface area contributed by atoms with Crippen LogP contribution in [0.1, 0.15) is 50.3 Å². The van der Waals surface area contributed by atoms with Gasteiger partial charge in [0.1, 0.15) is 5.54 Å². The zero-order valence-corrected chi connectivity index (χ0v) is 18.8. The van der Waals surface area contributed by atoms with Gasteiger partial charge in [-0.05, 0) is 55.7 Å². The van der Waals surface area contributed by atoms with E-state index in [1.807, 2.05) is 24.3 Å². The number of anilines is 2. The molecule has 0 aliphatic heterocycles. The van der Waals surface area contributed by atoms with Crippen LogP contribution in [0.25, 0.3) is 0 Å². The smallest absolute Gasteiger partial charge is 0.324 e. The second kappa shape index (κ2) is 9.06. The fraction of sp³-hybridized carbons (Fsp3) is 0.348. The Morgan fingerprint density at radius 3 is 2.10 bits per heavy atom. The first-order chi connectivity index (χ1) is 14.3. The maximum Gasteiger partial charge on any atom is 0.417 e. The van der Waals surface area contributed by atoms with Gasteiger partial charge in [-0.1, -0.05) is 38.2 Å². The molecular weight excluding hydrogens is 423 g/mol. The van der Waals surface area contributed by atoms with E-state index in [-0.39, 0.29) is 5.69 Å². The predicted octanol–water partition coefficient (Wildman–Crippen LogP) is 5.91.